The lowest BCUT2D eigenvalue weighted by molar-refractivity contribution is 0.0671. The Balaban J connectivity index is 1.91. The molecule has 0 bridgehead atoms. The maximum atomic E-state index is 12.6. The summed E-state index contributed by atoms with van der Waals surface area (Å²) in [6.45, 7) is 2.77. The fourth-order valence-electron chi connectivity index (χ4n) is 2.83. The van der Waals surface area contributed by atoms with Crippen LogP contribution in [0.25, 0.3) is 0 Å². The summed E-state index contributed by atoms with van der Waals surface area (Å²) in [6.07, 6.45) is 2.51. The van der Waals surface area contributed by atoms with Crippen LogP contribution in [0.2, 0.25) is 0 Å². The van der Waals surface area contributed by atoms with Gasteiger partial charge in [0.05, 0.1) is 13.2 Å². The van der Waals surface area contributed by atoms with Crippen LogP contribution in [-0.4, -0.2) is 29.4 Å². The summed E-state index contributed by atoms with van der Waals surface area (Å²) in [5.74, 6) is 0.810. The van der Waals surface area contributed by atoms with Gasteiger partial charge in [-0.25, -0.2) is 0 Å². The highest BCUT2D eigenvalue weighted by atomic mass is 16.5. The van der Waals surface area contributed by atoms with E-state index in [9.17, 15) is 4.79 Å². The number of hydrogen-bond acceptors (Lipinski definition) is 3. The number of hydrogen-bond donors (Lipinski definition) is 0. The molecule has 4 heteroatoms. The first-order chi connectivity index (χ1) is 10.2. The number of amides is 1. The zero-order valence-electron chi connectivity index (χ0n) is 12.2. The number of rotatable bonds is 2. The van der Waals surface area contributed by atoms with Crippen LogP contribution in [0, 0.1) is 0 Å². The fourth-order valence-corrected chi connectivity index (χ4v) is 2.83. The molecule has 0 aliphatic carbocycles. The Morgan fingerprint density at radius 2 is 2.19 bits per heavy atom. The second-order valence-electron chi connectivity index (χ2n) is 5.20. The van der Waals surface area contributed by atoms with Crippen LogP contribution in [0.3, 0.4) is 0 Å². The number of carbonyl (C=O) groups excluding carboxylic acids is 1. The number of carbonyl (C=O) groups is 1. The molecular weight excluding hydrogens is 264 g/mol. The number of benzene rings is 1. The molecule has 1 aromatic carbocycles. The minimum absolute atomic E-state index is 0.0171. The van der Waals surface area contributed by atoms with Crippen LogP contribution in [0.4, 0.5) is 0 Å². The van der Waals surface area contributed by atoms with E-state index in [-0.39, 0.29) is 11.9 Å². The lowest BCUT2D eigenvalue weighted by Crippen LogP contribution is -2.39. The SMILES string of the molecule is COc1ccc2c(c1)[C@H](C)N(C(=O)c1ccccn1)CC2. The highest BCUT2D eigenvalue weighted by Gasteiger charge is 2.29. The molecule has 3 rings (SSSR count). The summed E-state index contributed by atoms with van der Waals surface area (Å²) >= 11 is 0. The predicted octanol–water partition coefficient (Wildman–Crippen LogP) is 2.85. The monoisotopic (exact) mass is 282 g/mol. The van der Waals surface area contributed by atoms with Gasteiger partial charge in [-0.05, 0) is 48.7 Å². The van der Waals surface area contributed by atoms with E-state index in [1.165, 1.54) is 5.56 Å². The third-order valence-corrected chi connectivity index (χ3v) is 4.04. The predicted molar refractivity (Wildman–Crippen MR) is 80.4 cm³/mol. The summed E-state index contributed by atoms with van der Waals surface area (Å²) < 4.78 is 5.29. The van der Waals surface area contributed by atoms with Crippen LogP contribution in [0.15, 0.2) is 42.6 Å². The molecule has 0 radical (unpaired) electrons. The van der Waals surface area contributed by atoms with E-state index in [4.69, 9.17) is 4.74 Å². The summed E-state index contributed by atoms with van der Waals surface area (Å²) in [5.41, 5.74) is 2.94. The van der Waals surface area contributed by atoms with Gasteiger partial charge in [0, 0.05) is 12.7 Å². The van der Waals surface area contributed by atoms with Crippen molar-refractivity contribution < 1.29 is 9.53 Å². The largest absolute Gasteiger partial charge is 0.497 e. The molecule has 1 aromatic heterocycles. The number of ether oxygens (including phenoxy) is 1. The Labute approximate surface area is 124 Å². The lowest BCUT2D eigenvalue weighted by atomic mass is 9.93. The van der Waals surface area contributed by atoms with Crippen LogP contribution in [-0.2, 0) is 6.42 Å². The van der Waals surface area contributed by atoms with E-state index >= 15 is 0 Å². The maximum Gasteiger partial charge on any atom is 0.272 e. The van der Waals surface area contributed by atoms with Crippen molar-refractivity contribution in [3.63, 3.8) is 0 Å². The smallest absolute Gasteiger partial charge is 0.272 e. The van der Waals surface area contributed by atoms with Crippen molar-refractivity contribution in [2.45, 2.75) is 19.4 Å². The van der Waals surface area contributed by atoms with Gasteiger partial charge < -0.3 is 9.64 Å². The van der Waals surface area contributed by atoms with E-state index in [2.05, 4.69) is 18.0 Å². The van der Waals surface area contributed by atoms with Gasteiger partial charge in [0.2, 0.25) is 0 Å². The Morgan fingerprint density at radius 3 is 2.90 bits per heavy atom. The zero-order valence-corrected chi connectivity index (χ0v) is 12.2. The highest BCUT2D eigenvalue weighted by molar-refractivity contribution is 5.92. The second-order valence-corrected chi connectivity index (χ2v) is 5.20. The molecule has 0 fully saturated rings. The zero-order chi connectivity index (χ0) is 14.8. The van der Waals surface area contributed by atoms with Crippen LogP contribution in [0.1, 0.15) is 34.6 Å². The van der Waals surface area contributed by atoms with E-state index in [1.807, 2.05) is 29.2 Å². The van der Waals surface area contributed by atoms with Gasteiger partial charge in [-0.3, -0.25) is 9.78 Å². The first kappa shape index (κ1) is 13.6. The minimum atomic E-state index is -0.0171. The summed E-state index contributed by atoms with van der Waals surface area (Å²) in [5, 5.41) is 0. The highest BCUT2D eigenvalue weighted by Crippen LogP contribution is 2.32. The summed E-state index contributed by atoms with van der Waals surface area (Å²) in [7, 11) is 1.66. The molecule has 1 aliphatic heterocycles. The molecule has 0 spiro atoms. The molecule has 2 heterocycles. The second kappa shape index (κ2) is 5.56. The Hall–Kier alpha value is -2.36. The number of aromatic nitrogens is 1. The molecule has 0 saturated heterocycles. The number of pyridine rings is 1. The Bertz CT molecular complexity index is 655. The minimum Gasteiger partial charge on any atom is -0.497 e. The average molecular weight is 282 g/mol. The van der Waals surface area contributed by atoms with Gasteiger partial charge in [0.25, 0.3) is 5.91 Å². The number of methoxy groups -OCH3 is 1. The van der Waals surface area contributed by atoms with Gasteiger partial charge in [0.15, 0.2) is 0 Å². The van der Waals surface area contributed by atoms with Crippen molar-refractivity contribution in [1.82, 2.24) is 9.88 Å². The summed E-state index contributed by atoms with van der Waals surface area (Å²) in [4.78, 5) is 18.6. The van der Waals surface area contributed by atoms with Gasteiger partial charge in [-0.1, -0.05) is 12.1 Å². The quantitative estimate of drug-likeness (QED) is 0.850. The van der Waals surface area contributed by atoms with Crippen LogP contribution in [0.5, 0.6) is 5.75 Å². The van der Waals surface area contributed by atoms with Gasteiger partial charge in [-0.2, -0.15) is 0 Å². The third-order valence-electron chi connectivity index (χ3n) is 4.04. The molecule has 1 amide bonds. The normalized spacial score (nSPS) is 17.2. The molecule has 0 saturated carbocycles. The van der Waals surface area contributed by atoms with Crippen LogP contribution < -0.4 is 4.74 Å². The molecular formula is C17H18N2O2. The Kier molecular flexibility index (Phi) is 3.60. The van der Waals surface area contributed by atoms with Gasteiger partial charge in [-0.15, -0.1) is 0 Å². The van der Waals surface area contributed by atoms with E-state index in [1.54, 1.807) is 19.4 Å². The van der Waals surface area contributed by atoms with E-state index < -0.39 is 0 Å². The molecule has 1 aliphatic rings. The molecule has 108 valence electrons. The van der Waals surface area contributed by atoms with Crippen molar-refractivity contribution in [3.05, 3.63) is 59.4 Å². The average Bonchev–Trinajstić information content (AvgIpc) is 2.55. The van der Waals surface area contributed by atoms with Crippen molar-refractivity contribution in [1.29, 1.82) is 0 Å². The van der Waals surface area contributed by atoms with E-state index in [0.29, 0.717) is 5.69 Å². The van der Waals surface area contributed by atoms with Gasteiger partial charge in [0.1, 0.15) is 11.4 Å². The first-order valence-electron chi connectivity index (χ1n) is 7.09. The molecule has 2 aromatic rings. The topological polar surface area (TPSA) is 42.4 Å². The number of fused-ring (bicyclic) bond motifs is 1. The summed E-state index contributed by atoms with van der Waals surface area (Å²) in [6, 6.07) is 11.5. The standard InChI is InChI=1S/C17H18N2O2/c1-12-15-11-14(21-2)7-6-13(15)8-10-19(12)17(20)16-5-3-4-9-18-16/h3-7,9,11-12H,8,10H2,1-2H3/t12-/m0/s1. The first-order valence-corrected chi connectivity index (χ1v) is 7.09. The van der Waals surface area contributed by atoms with Crippen molar-refractivity contribution in [2.75, 3.05) is 13.7 Å². The molecule has 1 atom stereocenters. The third kappa shape index (κ3) is 2.49. The maximum absolute atomic E-state index is 12.6. The molecule has 21 heavy (non-hydrogen) atoms. The molecule has 0 N–H and O–H groups in total. The Morgan fingerprint density at radius 1 is 1.33 bits per heavy atom. The number of nitrogens with zero attached hydrogens (tertiary/aromatic N) is 2. The molecule has 4 nitrogen and oxygen atoms in total. The van der Waals surface area contributed by atoms with Crippen LogP contribution >= 0.6 is 0 Å². The van der Waals surface area contributed by atoms with Gasteiger partial charge >= 0.3 is 0 Å². The fraction of sp³-hybridized carbons (Fsp3) is 0.294. The van der Waals surface area contributed by atoms with Crippen molar-refractivity contribution >= 4 is 5.91 Å². The van der Waals surface area contributed by atoms with Crippen molar-refractivity contribution in [2.24, 2.45) is 0 Å². The van der Waals surface area contributed by atoms with E-state index in [0.717, 1.165) is 24.3 Å². The van der Waals surface area contributed by atoms with Crippen molar-refractivity contribution in [3.8, 4) is 5.75 Å². The lowest BCUT2D eigenvalue weighted by Gasteiger charge is -2.35. The molecule has 0 unspecified atom stereocenters.